The van der Waals surface area contributed by atoms with Gasteiger partial charge in [-0.25, -0.2) is 18.2 Å². The van der Waals surface area contributed by atoms with Crippen LogP contribution in [0.2, 0.25) is 0 Å². The first-order chi connectivity index (χ1) is 16.2. The van der Waals surface area contributed by atoms with Crippen molar-refractivity contribution >= 4 is 33.5 Å². The van der Waals surface area contributed by atoms with Crippen LogP contribution in [0.15, 0.2) is 82.8 Å². The van der Waals surface area contributed by atoms with Gasteiger partial charge in [0.15, 0.2) is 5.75 Å². The SMILES string of the molecule is COc1ccc(/C=N\NC(=O)CN(c2ccc(F)cc2)S(=O)(=O)c2ccccc2)cc1[N+](=O)[O-]. The lowest BCUT2D eigenvalue weighted by molar-refractivity contribution is -0.385. The maximum absolute atomic E-state index is 13.4. The molecule has 0 unspecified atom stereocenters. The van der Waals surface area contributed by atoms with E-state index in [2.05, 4.69) is 10.5 Å². The van der Waals surface area contributed by atoms with E-state index in [0.29, 0.717) is 5.56 Å². The fourth-order valence-corrected chi connectivity index (χ4v) is 4.36. The van der Waals surface area contributed by atoms with Gasteiger partial charge in [-0.2, -0.15) is 5.10 Å². The number of anilines is 1. The Morgan fingerprint density at radius 2 is 1.82 bits per heavy atom. The maximum Gasteiger partial charge on any atom is 0.311 e. The number of nitro groups is 1. The predicted molar refractivity (Wildman–Crippen MR) is 123 cm³/mol. The Balaban J connectivity index is 1.81. The van der Waals surface area contributed by atoms with E-state index in [1.54, 1.807) is 6.07 Å². The summed E-state index contributed by atoms with van der Waals surface area (Å²) in [4.78, 5) is 23.0. The highest BCUT2D eigenvalue weighted by molar-refractivity contribution is 7.92. The molecule has 10 nitrogen and oxygen atoms in total. The van der Waals surface area contributed by atoms with Gasteiger partial charge in [0.2, 0.25) is 0 Å². The number of methoxy groups -OCH3 is 1. The molecule has 0 spiro atoms. The molecule has 0 fully saturated rings. The molecule has 3 aromatic carbocycles. The van der Waals surface area contributed by atoms with E-state index in [-0.39, 0.29) is 22.0 Å². The van der Waals surface area contributed by atoms with Gasteiger partial charge in [0.05, 0.1) is 28.8 Å². The molecule has 0 aliphatic rings. The van der Waals surface area contributed by atoms with Crippen molar-refractivity contribution in [3.05, 3.63) is 94.3 Å². The van der Waals surface area contributed by atoms with Crippen LogP contribution in [0.4, 0.5) is 15.8 Å². The number of carbonyl (C=O) groups is 1. The van der Waals surface area contributed by atoms with Crippen LogP contribution in [0.25, 0.3) is 0 Å². The molecular weight excluding hydrogens is 467 g/mol. The molecule has 176 valence electrons. The monoisotopic (exact) mass is 486 g/mol. The number of rotatable bonds is 9. The summed E-state index contributed by atoms with van der Waals surface area (Å²) in [5, 5.41) is 14.9. The van der Waals surface area contributed by atoms with Crippen LogP contribution in [0, 0.1) is 15.9 Å². The summed E-state index contributed by atoms with van der Waals surface area (Å²) in [5.41, 5.74) is 2.29. The van der Waals surface area contributed by atoms with Crippen LogP contribution in [0.1, 0.15) is 5.56 Å². The van der Waals surface area contributed by atoms with E-state index < -0.39 is 33.2 Å². The van der Waals surface area contributed by atoms with E-state index in [0.717, 1.165) is 22.7 Å². The van der Waals surface area contributed by atoms with Gasteiger partial charge in [-0.15, -0.1) is 0 Å². The quantitative estimate of drug-likeness (QED) is 0.281. The molecule has 1 amide bonds. The smallest absolute Gasteiger partial charge is 0.311 e. The zero-order chi connectivity index (χ0) is 24.7. The number of nitro benzene ring substituents is 1. The number of amides is 1. The Labute approximate surface area is 194 Å². The van der Waals surface area contributed by atoms with Gasteiger partial charge in [-0.1, -0.05) is 18.2 Å². The van der Waals surface area contributed by atoms with Crippen LogP contribution in [-0.4, -0.2) is 39.1 Å². The van der Waals surface area contributed by atoms with Crippen LogP contribution >= 0.6 is 0 Å². The minimum absolute atomic E-state index is 0.0545. The number of nitrogens with zero attached hydrogens (tertiary/aromatic N) is 3. The van der Waals surface area contributed by atoms with E-state index in [4.69, 9.17) is 4.74 Å². The van der Waals surface area contributed by atoms with Crippen molar-refractivity contribution in [1.82, 2.24) is 5.43 Å². The van der Waals surface area contributed by atoms with Gasteiger partial charge in [0.1, 0.15) is 12.4 Å². The first-order valence-corrected chi connectivity index (χ1v) is 11.1. The fraction of sp³-hybridized carbons (Fsp3) is 0.0909. The van der Waals surface area contributed by atoms with Crippen LogP contribution in [-0.2, 0) is 14.8 Å². The average Bonchev–Trinajstić information content (AvgIpc) is 2.83. The summed E-state index contributed by atoms with van der Waals surface area (Å²) < 4.78 is 45.4. The number of hydrogen-bond acceptors (Lipinski definition) is 7. The molecule has 3 aromatic rings. The number of carbonyl (C=O) groups excluding carboxylic acids is 1. The highest BCUT2D eigenvalue weighted by Gasteiger charge is 2.27. The topological polar surface area (TPSA) is 131 Å². The van der Waals surface area contributed by atoms with E-state index in [1.807, 2.05) is 0 Å². The van der Waals surface area contributed by atoms with Crippen molar-refractivity contribution in [2.24, 2.45) is 5.10 Å². The standard InChI is InChI=1S/C22H19FN4O6S/c1-33-21-12-7-16(13-20(21)27(29)30)14-24-25-22(28)15-26(18-10-8-17(23)9-11-18)34(31,32)19-5-3-2-4-6-19/h2-14H,15H2,1H3,(H,25,28)/b24-14-. The minimum atomic E-state index is -4.15. The van der Waals surface area contributed by atoms with Gasteiger partial charge in [-0.05, 0) is 48.5 Å². The normalized spacial score (nSPS) is 11.2. The van der Waals surface area contributed by atoms with Gasteiger partial charge >= 0.3 is 5.69 Å². The summed E-state index contributed by atoms with van der Waals surface area (Å²) in [7, 11) is -2.85. The number of sulfonamides is 1. The lowest BCUT2D eigenvalue weighted by atomic mass is 10.2. The average molecular weight is 486 g/mol. The third-order valence-corrected chi connectivity index (χ3v) is 6.32. The van der Waals surface area contributed by atoms with Crippen LogP contribution in [0.3, 0.4) is 0 Å². The summed E-state index contributed by atoms with van der Waals surface area (Å²) in [5.74, 6) is -1.29. The Morgan fingerprint density at radius 1 is 1.15 bits per heavy atom. The first kappa shape index (κ1) is 24.3. The molecule has 34 heavy (non-hydrogen) atoms. The first-order valence-electron chi connectivity index (χ1n) is 9.70. The van der Waals surface area contributed by atoms with Crippen molar-refractivity contribution in [2.75, 3.05) is 18.0 Å². The van der Waals surface area contributed by atoms with Crippen LogP contribution < -0.4 is 14.5 Å². The van der Waals surface area contributed by atoms with Gasteiger partial charge in [-0.3, -0.25) is 19.2 Å². The number of hydrogen-bond donors (Lipinski definition) is 1. The van der Waals surface area contributed by atoms with Gasteiger partial charge in [0, 0.05) is 11.6 Å². The zero-order valence-corrected chi connectivity index (χ0v) is 18.6. The second-order valence-corrected chi connectivity index (χ2v) is 8.65. The highest BCUT2D eigenvalue weighted by atomic mass is 32.2. The molecule has 0 radical (unpaired) electrons. The van der Waals surface area contributed by atoms with Crippen molar-refractivity contribution in [2.45, 2.75) is 4.90 Å². The fourth-order valence-electron chi connectivity index (χ4n) is 2.92. The molecular formula is C22H19FN4O6S. The lowest BCUT2D eigenvalue weighted by Crippen LogP contribution is -2.39. The second kappa shape index (κ2) is 10.5. The van der Waals surface area contributed by atoms with Gasteiger partial charge in [0.25, 0.3) is 15.9 Å². The van der Waals surface area contributed by atoms with E-state index >= 15 is 0 Å². The molecule has 3 rings (SSSR count). The molecule has 0 aliphatic heterocycles. The van der Waals surface area contributed by atoms with Crippen molar-refractivity contribution in [3.8, 4) is 5.75 Å². The third kappa shape index (κ3) is 5.72. The zero-order valence-electron chi connectivity index (χ0n) is 17.8. The lowest BCUT2D eigenvalue weighted by Gasteiger charge is -2.23. The Kier molecular flexibility index (Phi) is 7.53. The maximum atomic E-state index is 13.4. The molecule has 0 aromatic heterocycles. The molecule has 0 aliphatic carbocycles. The number of halogens is 1. The van der Waals surface area contributed by atoms with Crippen LogP contribution in [0.5, 0.6) is 5.75 Å². The summed E-state index contributed by atoms with van der Waals surface area (Å²) >= 11 is 0. The number of nitrogens with one attached hydrogen (secondary N) is 1. The van der Waals surface area contributed by atoms with Crippen molar-refractivity contribution < 1.29 is 27.3 Å². The Bertz CT molecular complexity index is 1310. The largest absolute Gasteiger partial charge is 0.490 e. The molecule has 0 saturated carbocycles. The molecule has 1 N–H and O–H groups in total. The predicted octanol–water partition coefficient (Wildman–Crippen LogP) is 3.09. The van der Waals surface area contributed by atoms with E-state index in [9.17, 15) is 27.7 Å². The summed E-state index contributed by atoms with van der Waals surface area (Å²) in [6.45, 7) is -0.650. The summed E-state index contributed by atoms with van der Waals surface area (Å²) in [6, 6.07) is 16.2. The molecule has 0 atom stereocenters. The molecule has 12 heteroatoms. The van der Waals surface area contributed by atoms with E-state index in [1.165, 1.54) is 61.7 Å². The minimum Gasteiger partial charge on any atom is -0.490 e. The third-order valence-electron chi connectivity index (χ3n) is 4.54. The number of hydrazone groups is 1. The Morgan fingerprint density at radius 3 is 2.44 bits per heavy atom. The molecule has 0 saturated heterocycles. The summed E-state index contributed by atoms with van der Waals surface area (Å²) in [6.07, 6.45) is 1.16. The second-order valence-electron chi connectivity index (χ2n) is 6.78. The molecule has 0 bridgehead atoms. The number of benzene rings is 3. The van der Waals surface area contributed by atoms with Gasteiger partial charge < -0.3 is 4.74 Å². The van der Waals surface area contributed by atoms with Crippen molar-refractivity contribution in [1.29, 1.82) is 0 Å². The highest BCUT2D eigenvalue weighted by Crippen LogP contribution is 2.27. The Hall–Kier alpha value is -4.32. The number of ether oxygens (including phenoxy) is 1. The van der Waals surface area contributed by atoms with Crippen molar-refractivity contribution in [3.63, 3.8) is 0 Å². The molecule has 0 heterocycles.